The summed E-state index contributed by atoms with van der Waals surface area (Å²) in [7, 11) is -1.15. The zero-order chi connectivity index (χ0) is 13.1. The van der Waals surface area contributed by atoms with Gasteiger partial charge in [-0.25, -0.2) is 4.39 Å². The summed E-state index contributed by atoms with van der Waals surface area (Å²) in [6.07, 6.45) is 1.18. The maximum Gasteiger partial charge on any atom is 0.491 e. The molecule has 0 saturated carbocycles. The Hall–Kier alpha value is -2.35. The maximum absolute atomic E-state index is 13.3. The summed E-state index contributed by atoms with van der Waals surface area (Å²) < 4.78 is 18.3. The summed E-state index contributed by atoms with van der Waals surface area (Å²) >= 11 is 0. The molecular formula is C11H7BFN3O2. The van der Waals surface area contributed by atoms with Gasteiger partial charge >= 0.3 is 7.12 Å². The van der Waals surface area contributed by atoms with E-state index in [0.29, 0.717) is 16.7 Å². The van der Waals surface area contributed by atoms with E-state index in [4.69, 9.17) is 15.2 Å². The topological polar surface area (TPSA) is 89.1 Å². The first-order valence-corrected chi connectivity index (χ1v) is 5.04. The van der Waals surface area contributed by atoms with Crippen LogP contribution in [0.5, 0.6) is 0 Å². The van der Waals surface area contributed by atoms with E-state index in [1.165, 1.54) is 18.3 Å². The highest BCUT2D eigenvalue weighted by Crippen LogP contribution is 2.21. The third kappa shape index (κ3) is 2.18. The molecule has 0 aliphatic carbocycles. The number of fused-ring (bicyclic) bond motifs is 1. The summed E-state index contributed by atoms with van der Waals surface area (Å²) in [4.78, 5) is 0. The van der Waals surface area contributed by atoms with Crippen LogP contribution in [-0.4, -0.2) is 12.1 Å². The number of rotatable bonds is 2. The van der Waals surface area contributed by atoms with Crippen molar-refractivity contribution < 1.29 is 14.1 Å². The molecule has 0 atom stereocenters. The lowest BCUT2D eigenvalue weighted by Crippen LogP contribution is -2.28. The van der Waals surface area contributed by atoms with Crippen LogP contribution >= 0.6 is 0 Å². The van der Waals surface area contributed by atoms with Gasteiger partial charge in [0, 0.05) is 11.9 Å². The number of anilines is 1. The van der Waals surface area contributed by atoms with Crippen molar-refractivity contribution in [3.8, 4) is 12.1 Å². The zero-order valence-electron chi connectivity index (χ0n) is 9.14. The fourth-order valence-electron chi connectivity index (χ4n) is 1.66. The first-order valence-electron chi connectivity index (χ1n) is 5.04. The number of hydrogen-bond donors (Lipinski definition) is 2. The number of allylic oxidation sites excluding steroid dienone is 1. The summed E-state index contributed by atoms with van der Waals surface area (Å²) in [5.41, 5.74) is 1.19. The quantitative estimate of drug-likeness (QED) is 0.579. The van der Waals surface area contributed by atoms with Crippen LogP contribution in [0.4, 0.5) is 10.1 Å². The van der Waals surface area contributed by atoms with Gasteiger partial charge in [0.2, 0.25) is 0 Å². The molecular weight excluding hydrogens is 236 g/mol. The molecule has 5 nitrogen and oxygen atoms in total. The van der Waals surface area contributed by atoms with E-state index < -0.39 is 12.9 Å². The smallest absolute Gasteiger partial charge is 0.423 e. The van der Waals surface area contributed by atoms with Crippen molar-refractivity contribution in [2.45, 2.75) is 6.61 Å². The predicted octanol–water partition coefficient (Wildman–Crippen LogP) is 0.386. The van der Waals surface area contributed by atoms with Gasteiger partial charge in [-0.05, 0) is 23.2 Å². The number of nitrogens with zero attached hydrogens (tertiary/aromatic N) is 2. The van der Waals surface area contributed by atoms with Crippen LogP contribution in [0.1, 0.15) is 5.56 Å². The van der Waals surface area contributed by atoms with Crippen molar-refractivity contribution in [3.63, 3.8) is 0 Å². The number of halogens is 1. The maximum atomic E-state index is 13.3. The van der Waals surface area contributed by atoms with Crippen LogP contribution in [-0.2, 0) is 11.3 Å². The van der Waals surface area contributed by atoms with Gasteiger partial charge in [-0.1, -0.05) is 0 Å². The molecule has 1 heterocycles. The van der Waals surface area contributed by atoms with Crippen LogP contribution < -0.4 is 10.8 Å². The van der Waals surface area contributed by atoms with Crippen molar-refractivity contribution in [2.75, 3.05) is 5.32 Å². The lowest BCUT2D eigenvalue weighted by atomic mass is 9.79. The second-order valence-corrected chi connectivity index (χ2v) is 3.61. The molecule has 0 bridgehead atoms. The Kier molecular flexibility index (Phi) is 3.29. The van der Waals surface area contributed by atoms with Crippen molar-refractivity contribution in [2.24, 2.45) is 0 Å². The lowest BCUT2D eigenvalue weighted by Gasteiger charge is -2.07. The van der Waals surface area contributed by atoms with Crippen LogP contribution in [0.15, 0.2) is 23.9 Å². The van der Waals surface area contributed by atoms with Gasteiger partial charge in [0.05, 0.1) is 6.61 Å². The molecule has 0 amide bonds. The van der Waals surface area contributed by atoms with Crippen LogP contribution in [0.3, 0.4) is 0 Å². The number of benzene rings is 1. The molecule has 1 aromatic rings. The van der Waals surface area contributed by atoms with Gasteiger partial charge in [0.15, 0.2) is 0 Å². The van der Waals surface area contributed by atoms with Gasteiger partial charge < -0.3 is 15.0 Å². The van der Waals surface area contributed by atoms with Gasteiger partial charge in [0.1, 0.15) is 23.5 Å². The molecule has 0 saturated heterocycles. The predicted molar refractivity (Wildman–Crippen MR) is 61.7 cm³/mol. The minimum Gasteiger partial charge on any atom is -0.423 e. The number of nitriles is 2. The van der Waals surface area contributed by atoms with Gasteiger partial charge in [0.25, 0.3) is 0 Å². The summed E-state index contributed by atoms with van der Waals surface area (Å²) in [6, 6.07) is 5.76. The first kappa shape index (κ1) is 12.1. The summed E-state index contributed by atoms with van der Waals surface area (Å²) in [5.74, 6) is -0.537. The van der Waals surface area contributed by atoms with Crippen molar-refractivity contribution in [3.05, 3.63) is 35.3 Å². The molecule has 0 aromatic heterocycles. The second kappa shape index (κ2) is 4.88. The molecule has 0 spiro atoms. The van der Waals surface area contributed by atoms with E-state index >= 15 is 0 Å². The molecule has 88 valence electrons. The van der Waals surface area contributed by atoms with Crippen LogP contribution in [0, 0.1) is 28.5 Å². The average molecular weight is 243 g/mol. The number of nitrogens with one attached hydrogen (secondary N) is 1. The van der Waals surface area contributed by atoms with Gasteiger partial charge in [-0.2, -0.15) is 10.5 Å². The summed E-state index contributed by atoms with van der Waals surface area (Å²) in [6.45, 7) is 0.140. The lowest BCUT2D eigenvalue weighted by molar-refractivity contribution is 0.276. The first-order chi connectivity index (χ1) is 8.65. The van der Waals surface area contributed by atoms with Gasteiger partial charge in [-0.15, -0.1) is 0 Å². The van der Waals surface area contributed by atoms with E-state index in [2.05, 4.69) is 5.32 Å². The van der Waals surface area contributed by atoms with E-state index in [0.717, 1.165) is 0 Å². The molecule has 0 radical (unpaired) electrons. The molecule has 0 fully saturated rings. The molecule has 1 aliphatic heterocycles. The third-order valence-corrected chi connectivity index (χ3v) is 2.51. The Morgan fingerprint density at radius 1 is 1.50 bits per heavy atom. The van der Waals surface area contributed by atoms with E-state index in [9.17, 15) is 9.41 Å². The number of hydrogen-bond acceptors (Lipinski definition) is 5. The Morgan fingerprint density at radius 2 is 2.22 bits per heavy atom. The SMILES string of the molecule is N#CC(C#N)=CNc1cc(F)cc2c1COB2O. The van der Waals surface area contributed by atoms with Gasteiger partial charge in [-0.3, -0.25) is 0 Å². The molecule has 1 aromatic carbocycles. The highest BCUT2D eigenvalue weighted by molar-refractivity contribution is 6.61. The van der Waals surface area contributed by atoms with E-state index in [1.807, 2.05) is 0 Å². The molecule has 7 heteroatoms. The summed E-state index contributed by atoms with van der Waals surface area (Å²) in [5, 5.41) is 29.3. The van der Waals surface area contributed by atoms with Crippen LogP contribution in [0.25, 0.3) is 0 Å². The standard InChI is InChI=1S/C11H7BFN3O2/c13-8-1-10-9(6-18-12(10)17)11(2-8)16-5-7(3-14)4-15/h1-2,5,16-17H,6H2. The van der Waals surface area contributed by atoms with Crippen molar-refractivity contribution in [1.29, 1.82) is 10.5 Å². The normalized spacial score (nSPS) is 12.3. The average Bonchev–Trinajstić information content (AvgIpc) is 2.72. The van der Waals surface area contributed by atoms with Crippen molar-refractivity contribution >= 4 is 18.3 Å². The molecule has 1 aliphatic rings. The Labute approximate surface area is 103 Å². The minimum absolute atomic E-state index is 0.132. The largest absolute Gasteiger partial charge is 0.491 e. The third-order valence-electron chi connectivity index (χ3n) is 2.51. The van der Waals surface area contributed by atoms with Crippen LogP contribution in [0.2, 0.25) is 0 Å². The second-order valence-electron chi connectivity index (χ2n) is 3.61. The van der Waals surface area contributed by atoms with E-state index in [-0.39, 0.29) is 12.2 Å². The van der Waals surface area contributed by atoms with Crippen molar-refractivity contribution in [1.82, 2.24) is 0 Å². The molecule has 0 unspecified atom stereocenters. The van der Waals surface area contributed by atoms with E-state index in [1.54, 1.807) is 12.1 Å². The Bertz CT molecular complexity index is 588. The fraction of sp³-hybridized carbons (Fsp3) is 0.0909. The molecule has 2 N–H and O–H groups in total. The fourth-order valence-corrected chi connectivity index (χ4v) is 1.66. The monoisotopic (exact) mass is 243 g/mol. The highest BCUT2D eigenvalue weighted by atomic mass is 19.1. The minimum atomic E-state index is -1.15. The Balaban J connectivity index is 2.36. The molecule has 2 rings (SSSR count). The zero-order valence-corrected chi connectivity index (χ0v) is 9.14. The highest BCUT2D eigenvalue weighted by Gasteiger charge is 2.29. The molecule has 18 heavy (non-hydrogen) atoms. The Morgan fingerprint density at radius 3 is 2.89 bits per heavy atom.